The largest absolute Gasteiger partial charge is 0.478 e. The van der Waals surface area contributed by atoms with Crippen molar-refractivity contribution in [3.63, 3.8) is 0 Å². The average Bonchev–Trinajstić information content (AvgIpc) is 2.81. The smallest absolute Gasteiger partial charge is 0.335 e. The topological polar surface area (TPSA) is 62.2 Å². The van der Waals surface area contributed by atoms with Crippen LogP contribution < -0.4 is 0 Å². The van der Waals surface area contributed by atoms with Crippen LogP contribution in [-0.2, 0) is 16.0 Å². The van der Waals surface area contributed by atoms with Crippen molar-refractivity contribution in [1.29, 1.82) is 0 Å². The Morgan fingerprint density at radius 3 is 2.79 bits per heavy atom. The van der Waals surface area contributed by atoms with E-state index in [1.807, 2.05) is 12.1 Å². The molecule has 2 fully saturated rings. The molecule has 0 saturated carbocycles. The van der Waals surface area contributed by atoms with Gasteiger partial charge in [0.05, 0.1) is 24.9 Å². The Bertz CT molecular complexity index is 546. The molecule has 0 aliphatic carbocycles. The Kier molecular flexibility index (Phi) is 6.20. The molecule has 0 aromatic heterocycles. The zero-order valence-corrected chi connectivity index (χ0v) is 14.0. The molecule has 1 unspecified atom stereocenters. The van der Waals surface area contributed by atoms with Gasteiger partial charge in [0.25, 0.3) is 0 Å². The van der Waals surface area contributed by atoms with Gasteiger partial charge in [-0.3, -0.25) is 9.80 Å². The number of carboxylic acids is 1. The minimum atomic E-state index is -0.874. The van der Waals surface area contributed by atoms with Gasteiger partial charge in [0, 0.05) is 45.9 Å². The number of carboxylic acid groups (broad SMARTS) is 1. The molecule has 2 saturated heterocycles. The van der Waals surface area contributed by atoms with E-state index < -0.39 is 5.97 Å². The van der Waals surface area contributed by atoms with Crippen LogP contribution >= 0.6 is 0 Å². The highest BCUT2D eigenvalue weighted by Crippen LogP contribution is 2.14. The molecule has 3 rings (SSSR count). The monoisotopic (exact) mass is 334 g/mol. The van der Waals surface area contributed by atoms with Crippen molar-refractivity contribution in [2.75, 3.05) is 52.5 Å². The molecule has 0 radical (unpaired) electrons. The third kappa shape index (κ3) is 5.01. The maximum Gasteiger partial charge on any atom is 0.335 e. The van der Waals surface area contributed by atoms with Gasteiger partial charge in [0.1, 0.15) is 0 Å². The SMILES string of the molecule is O=C(O)c1cccc(CN2CCCOC(CN3CCOCC3)C2)c1. The molecular weight excluding hydrogens is 308 g/mol. The molecule has 132 valence electrons. The van der Waals surface area contributed by atoms with Gasteiger partial charge in [-0.1, -0.05) is 12.1 Å². The summed E-state index contributed by atoms with van der Waals surface area (Å²) in [7, 11) is 0. The molecule has 1 N–H and O–H groups in total. The van der Waals surface area contributed by atoms with Crippen molar-refractivity contribution in [2.24, 2.45) is 0 Å². The third-order valence-corrected chi connectivity index (χ3v) is 4.58. The summed E-state index contributed by atoms with van der Waals surface area (Å²) in [6, 6.07) is 7.22. The van der Waals surface area contributed by atoms with Crippen LogP contribution in [0.5, 0.6) is 0 Å². The number of morpholine rings is 1. The molecule has 2 heterocycles. The third-order valence-electron chi connectivity index (χ3n) is 4.58. The zero-order chi connectivity index (χ0) is 16.8. The van der Waals surface area contributed by atoms with Crippen molar-refractivity contribution in [3.05, 3.63) is 35.4 Å². The van der Waals surface area contributed by atoms with Crippen molar-refractivity contribution in [3.8, 4) is 0 Å². The average molecular weight is 334 g/mol. The minimum Gasteiger partial charge on any atom is -0.478 e. The van der Waals surface area contributed by atoms with Crippen molar-refractivity contribution in [2.45, 2.75) is 19.1 Å². The molecule has 0 bridgehead atoms. The van der Waals surface area contributed by atoms with Crippen molar-refractivity contribution in [1.82, 2.24) is 9.80 Å². The Labute approximate surface area is 143 Å². The second-order valence-electron chi connectivity index (χ2n) is 6.50. The van der Waals surface area contributed by atoms with Crippen LogP contribution in [0.25, 0.3) is 0 Å². The molecule has 2 aliphatic rings. The van der Waals surface area contributed by atoms with Crippen LogP contribution in [0.4, 0.5) is 0 Å². The van der Waals surface area contributed by atoms with Crippen LogP contribution in [0.15, 0.2) is 24.3 Å². The number of carbonyl (C=O) groups is 1. The maximum absolute atomic E-state index is 11.1. The van der Waals surface area contributed by atoms with E-state index in [9.17, 15) is 4.79 Å². The summed E-state index contributed by atoms with van der Waals surface area (Å²) in [6.45, 7) is 7.92. The molecule has 6 heteroatoms. The number of ether oxygens (including phenoxy) is 2. The Morgan fingerprint density at radius 2 is 2.00 bits per heavy atom. The maximum atomic E-state index is 11.1. The van der Waals surface area contributed by atoms with Crippen LogP contribution in [0.2, 0.25) is 0 Å². The predicted octanol–water partition coefficient (Wildman–Crippen LogP) is 1.31. The lowest BCUT2D eigenvalue weighted by atomic mass is 10.1. The Balaban J connectivity index is 1.58. The summed E-state index contributed by atoms with van der Waals surface area (Å²) in [5.74, 6) is -0.874. The minimum absolute atomic E-state index is 0.202. The number of aromatic carboxylic acids is 1. The summed E-state index contributed by atoms with van der Waals surface area (Å²) in [4.78, 5) is 15.9. The van der Waals surface area contributed by atoms with Crippen LogP contribution in [0, 0.1) is 0 Å². The van der Waals surface area contributed by atoms with Gasteiger partial charge in [-0.2, -0.15) is 0 Å². The first-order chi connectivity index (χ1) is 11.7. The summed E-state index contributed by atoms with van der Waals surface area (Å²) < 4.78 is 11.4. The van der Waals surface area contributed by atoms with E-state index in [1.54, 1.807) is 12.1 Å². The number of nitrogens with zero attached hydrogens (tertiary/aromatic N) is 2. The molecule has 24 heavy (non-hydrogen) atoms. The molecule has 1 atom stereocenters. The lowest BCUT2D eigenvalue weighted by Crippen LogP contribution is -2.44. The fraction of sp³-hybridized carbons (Fsp3) is 0.611. The zero-order valence-electron chi connectivity index (χ0n) is 14.0. The number of rotatable bonds is 5. The first-order valence-corrected chi connectivity index (χ1v) is 8.67. The van der Waals surface area contributed by atoms with E-state index >= 15 is 0 Å². The number of hydrogen-bond donors (Lipinski definition) is 1. The molecule has 6 nitrogen and oxygen atoms in total. The Morgan fingerprint density at radius 1 is 1.17 bits per heavy atom. The predicted molar refractivity (Wildman–Crippen MR) is 90.3 cm³/mol. The van der Waals surface area contributed by atoms with Gasteiger partial charge in [-0.05, 0) is 24.1 Å². The van der Waals surface area contributed by atoms with Crippen molar-refractivity contribution < 1.29 is 19.4 Å². The fourth-order valence-electron chi connectivity index (χ4n) is 3.36. The lowest BCUT2D eigenvalue weighted by Gasteiger charge is -2.31. The van der Waals surface area contributed by atoms with Crippen LogP contribution in [-0.4, -0.2) is 79.5 Å². The second-order valence-corrected chi connectivity index (χ2v) is 6.50. The standard InChI is InChI=1S/C18H26N2O4/c21-18(22)16-4-1-3-15(11-16)12-20-5-2-8-24-17(14-20)13-19-6-9-23-10-7-19/h1,3-4,11,17H,2,5-10,12-14H2,(H,21,22). The van der Waals surface area contributed by atoms with Gasteiger partial charge >= 0.3 is 5.97 Å². The highest BCUT2D eigenvalue weighted by Gasteiger charge is 2.22. The highest BCUT2D eigenvalue weighted by atomic mass is 16.5. The normalized spacial score (nSPS) is 23.8. The first kappa shape index (κ1) is 17.4. The summed E-state index contributed by atoms with van der Waals surface area (Å²) >= 11 is 0. The van der Waals surface area contributed by atoms with Crippen LogP contribution in [0.1, 0.15) is 22.3 Å². The summed E-state index contributed by atoms with van der Waals surface area (Å²) in [5.41, 5.74) is 1.39. The van der Waals surface area contributed by atoms with Crippen LogP contribution in [0.3, 0.4) is 0 Å². The van der Waals surface area contributed by atoms with E-state index in [4.69, 9.17) is 14.6 Å². The molecule has 1 aromatic rings. The van der Waals surface area contributed by atoms with Gasteiger partial charge in [-0.25, -0.2) is 4.79 Å². The lowest BCUT2D eigenvalue weighted by molar-refractivity contribution is -0.0123. The number of benzene rings is 1. The van der Waals surface area contributed by atoms with E-state index in [1.165, 1.54) is 0 Å². The summed E-state index contributed by atoms with van der Waals surface area (Å²) in [5, 5.41) is 9.14. The molecule has 0 spiro atoms. The van der Waals surface area contributed by atoms with Gasteiger partial charge in [0.2, 0.25) is 0 Å². The van der Waals surface area contributed by atoms with Gasteiger partial charge in [-0.15, -0.1) is 0 Å². The molecule has 1 aromatic carbocycles. The second kappa shape index (κ2) is 8.58. The van der Waals surface area contributed by atoms with E-state index in [2.05, 4.69) is 9.80 Å². The van der Waals surface area contributed by atoms with Gasteiger partial charge in [0.15, 0.2) is 0 Å². The quantitative estimate of drug-likeness (QED) is 0.876. The molecular formula is C18H26N2O4. The highest BCUT2D eigenvalue weighted by molar-refractivity contribution is 5.87. The fourth-order valence-corrected chi connectivity index (χ4v) is 3.36. The first-order valence-electron chi connectivity index (χ1n) is 8.67. The summed E-state index contributed by atoms with van der Waals surface area (Å²) in [6.07, 6.45) is 1.21. The van der Waals surface area contributed by atoms with E-state index in [-0.39, 0.29) is 6.10 Å². The van der Waals surface area contributed by atoms with E-state index in [0.29, 0.717) is 5.56 Å². The van der Waals surface area contributed by atoms with E-state index in [0.717, 1.165) is 71.1 Å². The number of hydrogen-bond acceptors (Lipinski definition) is 5. The Hall–Kier alpha value is -1.47. The van der Waals surface area contributed by atoms with Gasteiger partial charge < -0.3 is 14.6 Å². The molecule has 0 amide bonds. The molecule has 2 aliphatic heterocycles. The van der Waals surface area contributed by atoms with Crippen molar-refractivity contribution >= 4 is 5.97 Å².